The standard InChI is InChI=1S/C28H32N4O3S/c1-20-7-5-6-10-23(20)24-19-36-28-26(24)27(34)29-25(30-28)18-32(15-21-8-3-2-4-9-21)17-22(33)16-31-11-13-35-14-12-31/h2-10,19,22,33H,11-18H2,1H3,(H,29,30,34). The van der Waals surface area contributed by atoms with E-state index in [-0.39, 0.29) is 5.56 Å². The second kappa shape index (κ2) is 11.5. The number of benzene rings is 2. The minimum atomic E-state index is -0.517. The molecule has 2 aromatic carbocycles. The number of thiophene rings is 1. The molecule has 7 nitrogen and oxygen atoms in total. The minimum Gasteiger partial charge on any atom is -0.390 e. The number of aliphatic hydroxyl groups is 1. The number of rotatable bonds is 9. The van der Waals surface area contributed by atoms with Crippen molar-refractivity contribution >= 4 is 21.6 Å². The summed E-state index contributed by atoms with van der Waals surface area (Å²) in [5.41, 5.74) is 4.14. The summed E-state index contributed by atoms with van der Waals surface area (Å²) in [5, 5.41) is 13.6. The van der Waals surface area contributed by atoms with Gasteiger partial charge in [-0.05, 0) is 23.6 Å². The lowest BCUT2D eigenvalue weighted by Crippen LogP contribution is -2.44. The Balaban J connectivity index is 1.38. The molecule has 1 aliphatic heterocycles. The third-order valence-corrected chi connectivity index (χ3v) is 7.46. The molecule has 1 saturated heterocycles. The number of hydrogen-bond donors (Lipinski definition) is 2. The molecule has 4 aromatic rings. The van der Waals surface area contributed by atoms with Gasteiger partial charge in [0, 0.05) is 43.7 Å². The first-order valence-electron chi connectivity index (χ1n) is 12.4. The molecule has 0 aliphatic carbocycles. The molecule has 2 aromatic heterocycles. The van der Waals surface area contributed by atoms with Gasteiger partial charge in [0.15, 0.2) is 0 Å². The highest BCUT2D eigenvalue weighted by atomic mass is 32.1. The highest BCUT2D eigenvalue weighted by Gasteiger charge is 2.20. The van der Waals surface area contributed by atoms with Crippen LogP contribution in [0.15, 0.2) is 64.8 Å². The maximum absolute atomic E-state index is 13.2. The molecule has 0 spiro atoms. The fraction of sp³-hybridized carbons (Fsp3) is 0.357. The highest BCUT2D eigenvalue weighted by molar-refractivity contribution is 7.17. The monoisotopic (exact) mass is 504 g/mol. The van der Waals surface area contributed by atoms with Crippen LogP contribution in [-0.4, -0.2) is 70.4 Å². The number of fused-ring (bicyclic) bond motifs is 1. The van der Waals surface area contributed by atoms with Gasteiger partial charge in [-0.3, -0.25) is 14.6 Å². The van der Waals surface area contributed by atoms with E-state index < -0.39 is 6.10 Å². The Morgan fingerprint density at radius 3 is 2.61 bits per heavy atom. The van der Waals surface area contributed by atoms with Crippen LogP contribution in [0.1, 0.15) is 17.0 Å². The van der Waals surface area contributed by atoms with E-state index >= 15 is 0 Å². The normalized spacial score (nSPS) is 15.5. The molecular formula is C28H32N4O3S. The van der Waals surface area contributed by atoms with Gasteiger partial charge in [-0.2, -0.15) is 0 Å². The Bertz CT molecular complexity index is 1350. The quantitative estimate of drug-likeness (QED) is 0.362. The molecular weight excluding hydrogens is 472 g/mol. The van der Waals surface area contributed by atoms with E-state index in [1.54, 1.807) is 0 Å². The topological polar surface area (TPSA) is 81.7 Å². The summed E-state index contributed by atoms with van der Waals surface area (Å²) in [4.78, 5) is 26.2. The smallest absolute Gasteiger partial charge is 0.260 e. The van der Waals surface area contributed by atoms with E-state index in [9.17, 15) is 9.90 Å². The second-order valence-corrected chi connectivity index (χ2v) is 10.2. The van der Waals surface area contributed by atoms with Crippen molar-refractivity contribution in [1.29, 1.82) is 0 Å². The van der Waals surface area contributed by atoms with E-state index in [1.165, 1.54) is 11.3 Å². The van der Waals surface area contributed by atoms with Crippen LogP contribution in [0.4, 0.5) is 0 Å². The van der Waals surface area contributed by atoms with Gasteiger partial charge < -0.3 is 14.8 Å². The fourth-order valence-electron chi connectivity index (χ4n) is 4.82. The van der Waals surface area contributed by atoms with Gasteiger partial charge in [-0.1, -0.05) is 54.6 Å². The summed E-state index contributed by atoms with van der Waals surface area (Å²) in [6, 6.07) is 18.3. The fourth-order valence-corrected chi connectivity index (χ4v) is 5.78. The largest absolute Gasteiger partial charge is 0.390 e. The van der Waals surface area contributed by atoms with Crippen molar-refractivity contribution in [2.24, 2.45) is 0 Å². The lowest BCUT2D eigenvalue weighted by molar-refractivity contribution is 0.00537. The molecule has 36 heavy (non-hydrogen) atoms. The number of hydrogen-bond acceptors (Lipinski definition) is 7. The first-order chi connectivity index (χ1) is 17.6. The molecule has 1 unspecified atom stereocenters. The summed E-state index contributed by atoms with van der Waals surface area (Å²) in [5.74, 6) is 0.611. The molecule has 0 saturated carbocycles. The van der Waals surface area contributed by atoms with Crippen LogP contribution in [0.25, 0.3) is 21.3 Å². The average Bonchev–Trinajstić information content (AvgIpc) is 3.30. The molecule has 0 bridgehead atoms. The molecule has 0 amide bonds. The van der Waals surface area contributed by atoms with Crippen LogP contribution < -0.4 is 5.56 Å². The van der Waals surface area contributed by atoms with Crippen molar-refractivity contribution in [3.63, 3.8) is 0 Å². The predicted molar refractivity (Wildman–Crippen MR) is 144 cm³/mol. The van der Waals surface area contributed by atoms with Crippen molar-refractivity contribution in [2.45, 2.75) is 26.1 Å². The zero-order chi connectivity index (χ0) is 24.9. The number of ether oxygens (including phenoxy) is 1. The van der Waals surface area contributed by atoms with Crippen LogP contribution in [0.3, 0.4) is 0 Å². The lowest BCUT2D eigenvalue weighted by atomic mass is 10.0. The molecule has 1 fully saturated rings. The maximum Gasteiger partial charge on any atom is 0.260 e. The Kier molecular flexibility index (Phi) is 7.89. The van der Waals surface area contributed by atoms with Crippen LogP contribution in [0, 0.1) is 6.92 Å². The van der Waals surface area contributed by atoms with Gasteiger partial charge in [0.25, 0.3) is 5.56 Å². The van der Waals surface area contributed by atoms with Crippen LogP contribution in [-0.2, 0) is 17.8 Å². The third-order valence-electron chi connectivity index (χ3n) is 6.59. The number of aromatic nitrogens is 2. The van der Waals surface area contributed by atoms with Crippen molar-refractivity contribution in [2.75, 3.05) is 39.4 Å². The highest BCUT2D eigenvalue weighted by Crippen LogP contribution is 2.32. The SMILES string of the molecule is Cc1ccccc1-c1csc2nc(CN(Cc3ccccc3)CC(O)CN3CCOCC3)[nH]c(=O)c12. The Hall–Kier alpha value is -2.88. The Morgan fingerprint density at radius 2 is 1.83 bits per heavy atom. The molecule has 3 heterocycles. The van der Waals surface area contributed by atoms with E-state index in [2.05, 4.69) is 39.9 Å². The average molecular weight is 505 g/mol. The molecule has 1 atom stereocenters. The van der Waals surface area contributed by atoms with Gasteiger partial charge in [-0.15, -0.1) is 11.3 Å². The summed E-state index contributed by atoms with van der Waals surface area (Å²) in [6.45, 7) is 7.31. The van der Waals surface area contributed by atoms with Gasteiger partial charge in [0.05, 0.1) is 31.2 Å². The van der Waals surface area contributed by atoms with E-state index in [0.717, 1.165) is 40.2 Å². The summed E-state index contributed by atoms with van der Waals surface area (Å²) in [6.07, 6.45) is -0.517. The zero-order valence-electron chi connectivity index (χ0n) is 20.5. The molecule has 8 heteroatoms. The molecule has 0 radical (unpaired) electrons. The summed E-state index contributed by atoms with van der Waals surface area (Å²) >= 11 is 1.50. The van der Waals surface area contributed by atoms with Gasteiger partial charge in [0.2, 0.25) is 0 Å². The van der Waals surface area contributed by atoms with Crippen LogP contribution >= 0.6 is 11.3 Å². The van der Waals surface area contributed by atoms with Crippen LogP contribution in [0.5, 0.6) is 0 Å². The van der Waals surface area contributed by atoms with Crippen LogP contribution in [0.2, 0.25) is 0 Å². The van der Waals surface area contributed by atoms with Gasteiger partial charge >= 0.3 is 0 Å². The maximum atomic E-state index is 13.2. The van der Waals surface area contributed by atoms with E-state index in [4.69, 9.17) is 9.72 Å². The first kappa shape index (κ1) is 24.8. The molecule has 1 aliphatic rings. The van der Waals surface area contributed by atoms with Gasteiger partial charge in [-0.25, -0.2) is 4.98 Å². The van der Waals surface area contributed by atoms with Crippen molar-refractivity contribution < 1.29 is 9.84 Å². The predicted octanol–water partition coefficient (Wildman–Crippen LogP) is 3.66. The Labute approximate surface area is 215 Å². The third kappa shape index (κ3) is 5.91. The van der Waals surface area contributed by atoms with Gasteiger partial charge in [0.1, 0.15) is 10.7 Å². The number of nitrogens with one attached hydrogen (secondary N) is 1. The van der Waals surface area contributed by atoms with Crippen molar-refractivity contribution in [3.8, 4) is 11.1 Å². The zero-order valence-corrected chi connectivity index (χ0v) is 21.3. The lowest BCUT2D eigenvalue weighted by Gasteiger charge is -2.31. The molecule has 2 N–H and O–H groups in total. The second-order valence-electron chi connectivity index (χ2n) is 9.38. The number of β-amino-alcohol motifs (C(OH)–C–C–N with tert-alkyl or cyclic N) is 1. The number of H-pyrrole nitrogens is 1. The summed E-state index contributed by atoms with van der Waals surface area (Å²) in [7, 11) is 0. The van der Waals surface area contributed by atoms with Crippen molar-refractivity contribution in [1.82, 2.24) is 19.8 Å². The molecule has 188 valence electrons. The van der Waals surface area contributed by atoms with E-state index in [1.807, 2.05) is 41.8 Å². The Morgan fingerprint density at radius 1 is 1.08 bits per heavy atom. The van der Waals surface area contributed by atoms with Crippen molar-refractivity contribution in [3.05, 3.63) is 87.3 Å². The number of nitrogens with zero attached hydrogens (tertiary/aromatic N) is 3. The first-order valence-corrected chi connectivity index (χ1v) is 13.3. The number of aliphatic hydroxyl groups excluding tert-OH is 1. The minimum absolute atomic E-state index is 0.122. The molecule has 5 rings (SSSR count). The summed E-state index contributed by atoms with van der Waals surface area (Å²) < 4.78 is 5.43. The van der Waals surface area contributed by atoms with E-state index in [0.29, 0.717) is 50.6 Å². The number of morpholine rings is 1. The number of aryl methyl sites for hydroxylation is 1. The number of aromatic amines is 1.